The molecule has 0 aromatic heterocycles. The van der Waals surface area contributed by atoms with E-state index in [0.717, 1.165) is 0 Å². The lowest BCUT2D eigenvalue weighted by Gasteiger charge is -2.30. The van der Waals surface area contributed by atoms with E-state index in [9.17, 15) is 102 Å². The number of nitrogens with one attached hydrogen (secondary N) is 19. The quantitative estimate of drug-likeness (QED) is 0.0116. The SMILES string of the molecule is CC[C@H](C)[C@H](NC(=O)[C@H](CCCNC(=N)N)NC(=O)[C@H](CC(=O)O)NC(=O)[C@H](CCCCN)NC(=O)[C@H](CC(C)C)NC(=O)[C@@H](N)CO)C(=O)N[C@@H](CCC(=O)O)C(=O)N[C@@H](CCCCN)C(=O)N[C@@H](CCCNC(=N)N)C(=O)N[C@@H](CCCNC(=N)N)C(=O)N[C@@H](C)C(=O)N[C@@H](CCC(=O)O)C(=O)NC(=O)CCCCCNC(=O)[C@@H](N)CS. The van der Waals surface area contributed by atoms with Crippen molar-refractivity contribution in [2.75, 3.05) is 51.6 Å². The van der Waals surface area contributed by atoms with Gasteiger partial charge >= 0.3 is 17.9 Å². The Kier molecular flexibility index (Phi) is 55.1. The van der Waals surface area contributed by atoms with Crippen molar-refractivity contribution >= 4 is 131 Å². The number of carbonyl (C=O) groups is 17. The number of aliphatic hydroxyl groups excluding tert-OH is 1. The molecule has 676 valence electrons. The van der Waals surface area contributed by atoms with Crippen LogP contribution >= 0.6 is 12.6 Å². The molecule has 0 saturated heterocycles. The van der Waals surface area contributed by atoms with Crippen LogP contribution in [0.15, 0.2) is 0 Å². The van der Waals surface area contributed by atoms with Crippen LogP contribution < -0.4 is 125 Å². The van der Waals surface area contributed by atoms with Gasteiger partial charge in [-0.2, -0.15) is 12.6 Å². The van der Waals surface area contributed by atoms with Crippen LogP contribution in [0, 0.1) is 28.1 Å². The van der Waals surface area contributed by atoms with Crippen molar-refractivity contribution in [3.05, 3.63) is 0 Å². The lowest BCUT2D eigenvalue weighted by Crippen LogP contribution is -2.61. The van der Waals surface area contributed by atoms with Gasteiger partial charge in [-0.1, -0.05) is 40.5 Å². The van der Waals surface area contributed by atoms with Crippen molar-refractivity contribution in [3.63, 3.8) is 0 Å². The third-order valence-corrected chi connectivity index (χ3v) is 18.6. The Bertz CT molecular complexity index is 3360. The van der Waals surface area contributed by atoms with Crippen LogP contribution in [-0.4, -0.2) is 269 Å². The van der Waals surface area contributed by atoms with Crippen LogP contribution in [0.25, 0.3) is 0 Å². The first-order chi connectivity index (χ1) is 56.0. The number of rotatable bonds is 64. The fourth-order valence-electron chi connectivity index (χ4n) is 11.3. The van der Waals surface area contributed by atoms with E-state index in [1.165, 1.54) is 13.8 Å². The number of thiol groups is 1. The summed E-state index contributed by atoms with van der Waals surface area (Å²) in [5.41, 5.74) is 39.3. The van der Waals surface area contributed by atoms with Gasteiger partial charge < -0.3 is 140 Å². The first kappa shape index (κ1) is 108. The molecule has 0 bridgehead atoms. The number of carbonyl (C=O) groups excluding carboxylic acids is 14. The smallest absolute Gasteiger partial charge is 0.305 e. The number of hydrogen-bond donors (Lipinski definition) is 31. The highest BCUT2D eigenvalue weighted by Gasteiger charge is 2.39. The van der Waals surface area contributed by atoms with E-state index in [1.807, 2.05) is 0 Å². The summed E-state index contributed by atoms with van der Waals surface area (Å²) in [5.74, 6) is -20.7. The highest BCUT2D eigenvalue weighted by molar-refractivity contribution is 7.80. The summed E-state index contributed by atoms with van der Waals surface area (Å²) < 4.78 is 0. The number of aliphatic hydroxyl groups is 1. The van der Waals surface area contributed by atoms with Gasteiger partial charge in [0.25, 0.3) is 0 Å². The lowest BCUT2D eigenvalue weighted by atomic mass is 9.96. The van der Waals surface area contributed by atoms with E-state index in [4.69, 9.17) is 56.4 Å². The van der Waals surface area contributed by atoms with Gasteiger partial charge in [0.15, 0.2) is 17.9 Å². The molecular weight excluding hydrogens is 1590 g/mol. The third kappa shape index (κ3) is 48.0. The molecule has 0 aliphatic carbocycles. The maximum atomic E-state index is 14.7. The van der Waals surface area contributed by atoms with Gasteiger partial charge in [-0.3, -0.25) is 103 Å². The Morgan fingerprint density at radius 3 is 1.10 bits per heavy atom. The number of imide groups is 1. The minimum absolute atomic E-state index is 0.00350. The Morgan fingerprint density at radius 2 is 0.714 bits per heavy atom. The molecule has 48 heteroatoms. The second-order valence-electron chi connectivity index (χ2n) is 28.9. The average molecular weight is 1720 g/mol. The van der Waals surface area contributed by atoms with Crippen molar-refractivity contribution in [3.8, 4) is 0 Å². The highest BCUT2D eigenvalue weighted by atomic mass is 32.1. The van der Waals surface area contributed by atoms with Crippen LogP contribution in [0.2, 0.25) is 0 Å². The summed E-state index contributed by atoms with van der Waals surface area (Å²) in [7, 11) is 0. The number of nitrogens with two attached hydrogens (primary N) is 7. The Morgan fingerprint density at radius 1 is 0.361 bits per heavy atom. The number of amides is 14. The van der Waals surface area contributed by atoms with Crippen molar-refractivity contribution in [2.24, 2.45) is 52.0 Å². The molecule has 0 spiro atoms. The molecule has 47 nitrogen and oxygen atoms in total. The molecule has 0 heterocycles. The summed E-state index contributed by atoms with van der Waals surface area (Å²) in [6, 6.07) is -20.1. The first-order valence-electron chi connectivity index (χ1n) is 39.5. The minimum atomic E-state index is -1.97. The maximum Gasteiger partial charge on any atom is 0.305 e. The van der Waals surface area contributed by atoms with Gasteiger partial charge in [-0.15, -0.1) is 0 Å². The Balaban J connectivity index is 7.43. The molecule has 0 fully saturated rings. The summed E-state index contributed by atoms with van der Waals surface area (Å²) in [6.45, 7) is 7.32. The van der Waals surface area contributed by atoms with Crippen LogP contribution in [0.5, 0.6) is 0 Å². The number of unbranched alkanes of at least 4 members (excludes halogenated alkanes) is 4. The second kappa shape index (κ2) is 60.6. The molecular formula is C71H130N26O21S. The van der Waals surface area contributed by atoms with E-state index in [0.29, 0.717) is 19.3 Å². The van der Waals surface area contributed by atoms with E-state index < -0.39 is 242 Å². The molecule has 14 atom stereocenters. The summed E-state index contributed by atoms with van der Waals surface area (Å²) >= 11 is 3.98. The lowest BCUT2D eigenvalue weighted by molar-refractivity contribution is -0.142. The third-order valence-electron chi connectivity index (χ3n) is 18.2. The highest BCUT2D eigenvalue weighted by Crippen LogP contribution is 2.15. The first-order valence-corrected chi connectivity index (χ1v) is 40.2. The molecule has 0 unspecified atom stereocenters. The monoisotopic (exact) mass is 1710 g/mol. The normalized spacial score (nSPS) is 14.5. The minimum Gasteiger partial charge on any atom is -0.481 e. The number of aliphatic carboxylic acids is 3. The molecule has 0 aromatic carbocycles. The van der Waals surface area contributed by atoms with Gasteiger partial charge in [-0.25, -0.2) is 0 Å². The Labute approximate surface area is 696 Å². The van der Waals surface area contributed by atoms with Crippen molar-refractivity contribution in [1.29, 1.82) is 16.2 Å². The largest absolute Gasteiger partial charge is 0.481 e. The van der Waals surface area contributed by atoms with Crippen LogP contribution in [0.4, 0.5) is 0 Å². The fourth-order valence-corrected chi connectivity index (χ4v) is 11.4. The average Bonchev–Trinajstić information content (AvgIpc) is 0.852. The molecule has 0 aliphatic heterocycles. The molecule has 0 rings (SSSR count). The van der Waals surface area contributed by atoms with E-state index in [-0.39, 0.29) is 147 Å². The van der Waals surface area contributed by atoms with Gasteiger partial charge in [0.1, 0.15) is 72.5 Å². The van der Waals surface area contributed by atoms with E-state index >= 15 is 0 Å². The molecule has 0 saturated carbocycles. The van der Waals surface area contributed by atoms with Gasteiger partial charge in [0.05, 0.1) is 19.1 Å². The van der Waals surface area contributed by atoms with Gasteiger partial charge in [0, 0.05) is 51.2 Å². The molecule has 37 N–H and O–H groups in total. The molecule has 119 heavy (non-hydrogen) atoms. The zero-order chi connectivity index (χ0) is 90.4. The van der Waals surface area contributed by atoms with Crippen molar-refractivity contribution in [2.45, 2.75) is 261 Å². The zero-order valence-electron chi connectivity index (χ0n) is 68.3. The number of carboxylic acids is 3. The predicted molar refractivity (Wildman–Crippen MR) is 437 cm³/mol. The maximum absolute atomic E-state index is 14.7. The Hall–Kier alpha value is -10.8. The second-order valence-corrected chi connectivity index (χ2v) is 29.2. The number of guanidine groups is 3. The van der Waals surface area contributed by atoms with Gasteiger partial charge in [0.2, 0.25) is 82.7 Å². The van der Waals surface area contributed by atoms with Crippen molar-refractivity contribution in [1.82, 2.24) is 85.1 Å². The summed E-state index contributed by atoms with van der Waals surface area (Å²) in [6.07, 6.45) is -2.90. The molecule has 0 radical (unpaired) electrons. The van der Waals surface area contributed by atoms with E-state index in [1.54, 1.807) is 20.8 Å². The molecule has 0 aromatic rings. The summed E-state index contributed by atoms with van der Waals surface area (Å²) in [4.78, 5) is 231. The number of carboxylic acid groups (broad SMARTS) is 3. The zero-order valence-corrected chi connectivity index (χ0v) is 69.2. The topological polar surface area (TPSA) is 817 Å². The standard InChI is InChI=1S/C71H130N26O21S/c1-6-38(4)55(97-65(115)46(21-16-32-85-71(80)81)92-67(117)50(34-54(104)105)95-62(112)43(18-10-12-28-73)91-66(116)49(33-37(2)3)94-58(108)40(74)35-98)68(118)93-47(23-25-52(100)101)63(113)88-42(17-9-11-27-72)60(110)90-45(20-15-31-84-70(78)79)61(111)89-44(19-14-30-83-69(76)77)59(109)86-39(5)56(106)87-48(24-26-53(102)103)64(114)96-51(99)22-8-7-13-29-82-57(107)41(75)36-119/h37-50,55,98,119H,6-36,72-75H2,1-5H3,(H,82,107)(H,86,109)(H,87,106)(H,88,113)(H,89,111)(H,90,110)(H,91,116)(H,92,117)(H,93,118)(H,94,108)(H,95,112)(H,97,115)(H,100,101)(H,102,103)(H,104,105)(H4,76,77,83)(H4,78,79,84)(H4,80,81,85)(H,96,99,114)/t38-,39-,40-,41-,42-,43-,44-,45-,46-,47-,48-,49-,50-,55-/m0/s1. The summed E-state index contributed by atoms with van der Waals surface area (Å²) in [5, 5.41) is 101. The van der Waals surface area contributed by atoms with Crippen LogP contribution in [0.1, 0.15) is 182 Å². The van der Waals surface area contributed by atoms with Gasteiger partial charge in [-0.05, 0) is 141 Å². The van der Waals surface area contributed by atoms with Crippen LogP contribution in [-0.2, 0) is 81.5 Å². The predicted octanol–water partition coefficient (Wildman–Crippen LogP) is -8.42. The fraction of sp³-hybridized carbons (Fsp3) is 0.718. The molecule has 0 aliphatic rings. The van der Waals surface area contributed by atoms with Crippen LogP contribution in [0.3, 0.4) is 0 Å². The van der Waals surface area contributed by atoms with Crippen molar-refractivity contribution < 1.29 is 102 Å². The number of hydrogen-bond acceptors (Lipinski definition) is 26. The van der Waals surface area contributed by atoms with E-state index in [2.05, 4.69) is 97.7 Å². The molecule has 14 amide bonds.